The van der Waals surface area contributed by atoms with Crippen molar-refractivity contribution in [3.63, 3.8) is 0 Å². The van der Waals surface area contributed by atoms with Gasteiger partial charge in [0.25, 0.3) is 11.6 Å². The molecule has 0 saturated carbocycles. The molecule has 9 heteroatoms. The first-order valence-electron chi connectivity index (χ1n) is 9.17. The van der Waals surface area contributed by atoms with Gasteiger partial charge in [0.05, 0.1) is 18.1 Å². The zero-order valence-electron chi connectivity index (χ0n) is 16.1. The van der Waals surface area contributed by atoms with E-state index in [9.17, 15) is 19.5 Å². The van der Waals surface area contributed by atoms with E-state index in [1.54, 1.807) is 33.0 Å². The zero-order valence-corrected chi connectivity index (χ0v) is 17.0. The van der Waals surface area contributed by atoms with Crippen LogP contribution < -0.4 is 0 Å². The number of benzene rings is 1. The number of fused-ring (bicyclic) bond motifs is 1. The van der Waals surface area contributed by atoms with Crippen molar-refractivity contribution in [1.29, 1.82) is 0 Å². The minimum Gasteiger partial charge on any atom is -0.337 e. The monoisotopic (exact) mass is 406 g/mol. The minimum absolute atomic E-state index is 0.162. The molecule has 28 heavy (non-hydrogen) atoms. The van der Waals surface area contributed by atoms with E-state index in [1.165, 1.54) is 11.0 Å². The van der Waals surface area contributed by atoms with Crippen molar-refractivity contribution in [3.05, 3.63) is 56.4 Å². The Bertz CT molecular complexity index is 927. The van der Waals surface area contributed by atoms with Crippen molar-refractivity contribution >= 4 is 24.8 Å². The third-order valence-electron chi connectivity index (χ3n) is 4.87. The van der Waals surface area contributed by atoms with Crippen LogP contribution in [0.5, 0.6) is 0 Å². The second-order valence-electron chi connectivity index (χ2n) is 6.59. The van der Waals surface area contributed by atoms with Gasteiger partial charge >= 0.3 is 7.60 Å². The molecule has 2 aliphatic rings. The highest BCUT2D eigenvalue weighted by atomic mass is 31.2. The summed E-state index contributed by atoms with van der Waals surface area (Å²) in [5, 5.41) is 11.9. The normalized spacial score (nSPS) is 16.7. The van der Waals surface area contributed by atoms with E-state index in [0.29, 0.717) is 30.3 Å². The van der Waals surface area contributed by atoms with Gasteiger partial charge in [0.15, 0.2) is 0 Å². The third kappa shape index (κ3) is 3.55. The Morgan fingerprint density at radius 2 is 1.86 bits per heavy atom. The first-order chi connectivity index (χ1) is 13.3. The summed E-state index contributed by atoms with van der Waals surface area (Å²) in [6.45, 7) is 4.44. The SMILES string of the molecule is CCOP(=O)(OCC)C1=CC=C(c2ccc([N+](=O)[O-])c3c2CN(C)C3=O)CC1. The van der Waals surface area contributed by atoms with Crippen molar-refractivity contribution < 1.29 is 23.3 Å². The molecule has 0 fully saturated rings. The van der Waals surface area contributed by atoms with E-state index < -0.39 is 12.5 Å². The quantitative estimate of drug-likeness (QED) is 0.375. The molecule has 0 N–H and O–H groups in total. The summed E-state index contributed by atoms with van der Waals surface area (Å²) < 4.78 is 23.7. The third-order valence-corrected chi connectivity index (χ3v) is 7.14. The summed E-state index contributed by atoms with van der Waals surface area (Å²) in [5.41, 5.74) is 2.42. The molecule has 0 saturated heterocycles. The van der Waals surface area contributed by atoms with Crippen LogP contribution in [0.25, 0.3) is 5.57 Å². The fraction of sp³-hybridized carbons (Fsp3) is 0.421. The van der Waals surface area contributed by atoms with E-state index in [2.05, 4.69) is 0 Å². The van der Waals surface area contributed by atoms with Gasteiger partial charge in [-0.2, -0.15) is 0 Å². The Labute approximate surface area is 163 Å². The van der Waals surface area contributed by atoms with Crippen LogP contribution in [0.1, 0.15) is 48.2 Å². The predicted molar refractivity (Wildman–Crippen MR) is 105 cm³/mol. The number of nitro groups is 1. The van der Waals surface area contributed by atoms with E-state index in [4.69, 9.17) is 9.05 Å². The lowest BCUT2D eigenvalue weighted by molar-refractivity contribution is -0.385. The fourth-order valence-corrected chi connectivity index (χ4v) is 5.34. The average molecular weight is 406 g/mol. The summed E-state index contributed by atoms with van der Waals surface area (Å²) in [6.07, 6.45) is 4.67. The first kappa shape index (κ1) is 20.5. The number of hydrogen-bond acceptors (Lipinski definition) is 6. The van der Waals surface area contributed by atoms with Crippen LogP contribution in [-0.4, -0.2) is 36.0 Å². The molecular formula is C19H23N2O6P. The van der Waals surface area contributed by atoms with Gasteiger partial charge < -0.3 is 13.9 Å². The van der Waals surface area contributed by atoms with Gasteiger partial charge in [-0.15, -0.1) is 0 Å². The summed E-state index contributed by atoms with van der Waals surface area (Å²) in [7, 11) is -1.68. The Balaban J connectivity index is 2.02. The Morgan fingerprint density at radius 3 is 2.39 bits per heavy atom. The van der Waals surface area contributed by atoms with Crippen LogP contribution in [0.15, 0.2) is 29.6 Å². The molecule has 3 rings (SSSR count). The molecule has 0 radical (unpaired) electrons. The summed E-state index contributed by atoms with van der Waals surface area (Å²) >= 11 is 0. The molecule has 0 aromatic heterocycles. The van der Waals surface area contributed by atoms with Gasteiger partial charge in [-0.25, -0.2) is 0 Å². The highest BCUT2D eigenvalue weighted by Crippen LogP contribution is 2.59. The van der Waals surface area contributed by atoms with E-state index >= 15 is 0 Å². The van der Waals surface area contributed by atoms with Crippen LogP contribution >= 0.6 is 7.60 Å². The molecule has 0 bridgehead atoms. The molecular weight excluding hydrogens is 383 g/mol. The second-order valence-corrected chi connectivity index (χ2v) is 8.67. The van der Waals surface area contributed by atoms with Crippen molar-refractivity contribution in [1.82, 2.24) is 4.90 Å². The second kappa shape index (κ2) is 7.99. The van der Waals surface area contributed by atoms with Gasteiger partial charge in [0.1, 0.15) is 5.56 Å². The van der Waals surface area contributed by atoms with Crippen LogP contribution in [0.4, 0.5) is 5.69 Å². The highest BCUT2D eigenvalue weighted by molar-refractivity contribution is 7.58. The number of carbonyl (C=O) groups excluding carboxylic acids is 1. The molecule has 0 atom stereocenters. The predicted octanol–water partition coefficient (Wildman–Crippen LogP) is 4.51. The van der Waals surface area contributed by atoms with Crippen molar-refractivity contribution in [2.45, 2.75) is 33.2 Å². The first-order valence-corrected chi connectivity index (χ1v) is 10.7. The number of rotatable bonds is 7. The number of nitro benzene ring substituents is 1. The van der Waals surface area contributed by atoms with Crippen molar-refractivity contribution in [2.75, 3.05) is 20.3 Å². The number of allylic oxidation sites excluding steroid dienone is 4. The number of hydrogen-bond donors (Lipinski definition) is 0. The molecule has 1 heterocycles. The van der Waals surface area contributed by atoms with Crippen molar-refractivity contribution in [3.8, 4) is 0 Å². The minimum atomic E-state index is -3.30. The Morgan fingerprint density at radius 1 is 1.18 bits per heavy atom. The zero-order chi connectivity index (χ0) is 20.5. The van der Waals surface area contributed by atoms with Crippen LogP contribution in [0.3, 0.4) is 0 Å². The molecule has 1 amide bonds. The molecule has 0 spiro atoms. The standard InChI is InChI=1S/C19H23N2O6P/c1-4-26-28(25,27-5-2)14-8-6-13(7-9-14)15-10-11-17(21(23)24)18-16(15)12-20(3)19(18)22/h6,8,10-11H,4-5,7,9,12H2,1-3H3. The van der Waals surface area contributed by atoms with Gasteiger partial charge in [-0.1, -0.05) is 12.2 Å². The maximum atomic E-state index is 12.9. The topological polar surface area (TPSA) is 99.0 Å². The summed E-state index contributed by atoms with van der Waals surface area (Å²) in [6, 6.07) is 3.08. The molecule has 1 aliphatic heterocycles. The van der Waals surface area contributed by atoms with E-state index in [1.807, 2.05) is 6.08 Å². The molecule has 1 aliphatic carbocycles. The van der Waals surface area contributed by atoms with Crippen molar-refractivity contribution in [2.24, 2.45) is 0 Å². The Hall–Kier alpha value is -2.28. The van der Waals surface area contributed by atoms with Gasteiger partial charge in [0, 0.05) is 25.0 Å². The molecule has 8 nitrogen and oxygen atoms in total. The number of carbonyl (C=O) groups is 1. The molecule has 1 aromatic rings. The molecule has 0 unspecified atom stereocenters. The van der Waals surface area contributed by atoms with Gasteiger partial charge in [-0.05, 0) is 49.5 Å². The average Bonchev–Trinajstić information content (AvgIpc) is 2.96. The maximum absolute atomic E-state index is 12.9. The van der Waals surface area contributed by atoms with Gasteiger partial charge in [-0.3, -0.25) is 19.5 Å². The molecule has 1 aromatic carbocycles. The lowest BCUT2D eigenvalue weighted by Gasteiger charge is -2.23. The summed E-state index contributed by atoms with van der Waals surface area (Å²) in [5.74, 6) is -0.339. The smallest absolute Gasteiger partial charge is 0.337 e. The maximum Gasteiger partial charge on any atom is 0.357 e. The van der Waals surface area contributed by atoms with Gasteiger partial charge in [0.2, 0.25) is 0 Å². The fourth-order valence-electron chi connectivity index (χ4n) is 3.61. The van der Waals surface area contributed by atoms with E-state index in [0.717, 1.165) is 11.1 Å². The van der Waals surface area contributed by atoms with E-state index in [-0.39, 0.29) is 30.4 Å². The van der Waals surface area contributed by atoms with Crippen LogP contribution in [0, 0.1) is 10.1 Å². The van der Waals surface area contributed by atoms with Crippen LogP contribution in [0.2, 0.25) is 0 Å². The Kier molecular flexibility index (Phi) is 5.84. The summed E-state index contributed by atoms with van der Waals surface area (Å²) in [4.78, 5) is 24.7. The lowest BCUT2D eigenvalue weighted by atomic mass is 9.91. The molecule has 150 valence electrons. The lowest BCUT2D eigenvalue weighted by Crippen LogP contribution is -2.18. The largest absolute Gasteiger partial charge is 0.357 e. The highest BCUT2D eigenvalue weighted by Gasteiger charge is 2.36. The number of amides is 1. The number of nitrogens with zero attached hydrogens (tertiary/aromatic N) is 2. The van der Waals surface area contributed by atoms with Crippen LogP contribution in [-0.2, 0) is 20.2 Å².